The Bertz CT molecular complexity index is 1110. The summed E-state index contributed by atoms with van der Waals surface area (Å²) in [5.41, 5.74) is 5.13. The fraction of sp³-hybridized carbons (Fsp3) is 0.0870. The van der Waals surface area contributed by atoms with Crippen molar-refractivity contribution in [3.8, 4) is 33.9 Å². The summed E-state index contributed by atoms with van der Waals surface area (Å²) in [4.78, 5) is 4.89. The zero-order valence-corrected chi connectivity index (χ0v) is 16.7. The van der Waals surface area contributed by atoms with Crippen LogP contribution in [0.3, 0.4) is 0 Å². The van der Waals surface area contributed by atoms with Gasteiger partial charge >= 0.3 is 0 Å². The number of aromatic nitrogens is 1. The number of nitrogens with zero attached hydrogens (tertiary/aromatic N) is 1. The molecular formula is C23H18BrNO2. The van der Waals surface area contributed by atoms with Gasteiger partial charge in [0, 0.05) is 15.4 Å². The van der Waals surface area contributed by atoms with Gasteiger partial charge in [-0.3, -0.25) is 0 Å². The Labute approximate surface area is 166 Å². The summed E-state index contributed by atoms with van der Waals surface area (Å²) >= 11 is 3.58. The van der Waals surface area contributed by atoms with Crippen LogP contribution >= 0.6 is 15.9 Å². The molecule has 0 aliphatic heterocycles. The van der Waals surface area contributed by atoms with Crippen LogP contribution in [0.4, 0.5) is 0 Å². The molecule has 4 aromatic rings. The Morgan fingerprint density at radius 2 is 1.52 bits per heavy atom. The molecule has 134 valence electrons. The maximum atomic E-state index is 5.46. The highest BCUT2D eigenvalue weighted by Crippen LogP contribution is 2.36. The fourth-order valence-electron chi connectivity index (χ4n) is 3.20. The monoisotopic (exact) mass is 419 g/mol. The maximum absolute atomic E-state index is 5.46. The molecule has 3 aromatic carbocycles. The second-order valence-electron chi connectivity index (χ2n) is 6.15. The van der Waals surface area contributed by atoms with E-state index in [9.17, 15) is 0 Å². The lowest BCUT2D eigenvalue weighted by Gasteiger charge is -2.13. The molecule has 1 aromatic heterocycles. The highest BCUT2D eigenvalue weighted by molar-refractivity contribution is 9.10. The average molecular weight is 420 g/mol. The van der Waals surface area contributed by atoms with E-state index in [1.807, 2.05) is 36.4 Å². The maximum Gasteiger partial charge on any atom is 0.161 e. The molecule has 0 atom stereocenters. The van der Waals surface area contributed by atoms with Crippen LogP contribution in [0.25, 0.3) is 33.3 Å². The van der Waals surface area contributed by atoms with Crippen LogP contribution in [0.2, 0.25) is 0 Å². The third-order valence-corrected chi connectivity index (χ3v) is 5.03. The van der Waals surface area contributed by atoms with Gasteiger partial charge in [-0.2, -0.15) is 0 Å². The number of ether oxygens (including phenoxy) is 2. The van der Waals surface area contributed by atoms with Crippen LogP contribution in [-0.4, -0.2) is 19.2 Å². The lowest BCUT2D eigenvalue weighted by Crippen LogP contribution is -1.93. The second-order valence-corrected chi connectivity index (χ2v) is 7.07. The molecule has 0 unspecified atom stereocenters. The van der Waals surface area contributed by atoms with Crippen molar-refractivity contribution < 1.29 is 9.47 Å². The Morgan fingerprint density at radius 3 is 2.26 bits per heavy atom. The zero-order valence-electron chi connectivity index (χ0n) is 15.1. The number of hydrogen-bond donors (Lipinski definition) is 0. The second kappa shape index (κ2) is 7.41. The van der Waals surface area contributed by atoms with E-state index in [0.717, 1.165) is 37.8 Å². The Kier molecular flexibility index (Phi) is 4.82. The lowest BCUT2D eigenvalue weighted by molar-refractivity contribution is 0.355. The summed E-state index contributed by atoms with van der Waals surface area (Å²) in [5, 5.41) is 1.11. The van der Waals surface area contributed by atoms with Crippen molar-refractivity contribution in [1.82, 2.24) is 4.98 Å². The van der Waals surface area contributed by atoms with Gasteiger partial charge in [0.15, 0.2) is 11.5 Å². The van der Waals surface area contributed by atoms with Gasteiger partial charge in [0.05, 0.1) is 25.4 Å². The molecule has 1 heterocycles. The first-order valence-corrected chi connectivity index (χ1v) is 9.37. The predicted molar refractivity (Wildman–Crippen MR) is 113 cm³/mol. The van der Waals surface area contributed by atoms with E-state index in [-0.39, 0.29) is 0 Å². The highest BCUT2D eigenvalue weighted by atomic mass is 79.9. The summed E-state index contributed by atoms with van der Waals surface area (Å²) in [7, 11) is 3.28. The van der Waals surface area contributed by atoms with Crippen molar-refractivity contribution >= 4 is 26.8 Å². The molecule has 27 heavy (non-hydrogen) atoms. The number of fused-ring (bicyclic) bond motifs is 1. The van der Waals surface area contributed by atoms with Gasteiger partial charge in [0.1, 0.15) is 0 Å². The quantitative estimate of drug-likeness (QED) is 0.386. The van der Waals surface area contributed by atoms with Gasteiger partial charge in [0.2, 0.25) is 0 Å². The Balaban J connectivity index is 1.96. The van der Waals surface area contributed by atoms with Gasteiger partial charge in [0.25, 0.3) is 0 Å². The topological polar surface area (TPSA) is 31.4 Å². The standard InChI is InChI=1S/C23H18BrNO2/c1-26-22-11-8-16(12-23(22)27-2)21-14-18(15-6-4-3-5-7-15)19-13-17(24)9-10-20(19)25-21/h3-14H,1-2H3. The smallest absolute Gasteiger partial charge is 0.161 e. The molecule has 0 fully saturated rings. The molecule has 4 rings (SSSR count). The first-order chi connectivity index (χ1) is 13.2. The molecule has 0 amide bonds. The highest BCUT2D eigenvalue weighted by Gasteiger charge is 2.12. The van der Waals surface area contributed by atoms with Crippen LogP contribution in [-0.2, 0) is 0 Å². The van der Waals surface area contributed by atoms with E-state index in [1.54, 1.807) is 14.2 Å². The summed E-state index contributed by atoms with van der Waals surface area (Å²) < 4.78 is 11.8. The lowest BCUT2D eigenvalue weighted by atomic mass is 9.98. The number of pyridine rings is 1. The van der Waals surface area contributed by atoms with Crippen molar-refractivity contribution in [1.29, 1.82) is 0 Å². The zero-order chi connectivity index (χ0) is 18.8. The van der Waals surface area contributed by atoms with E-state index in [4.69, 9.17) is 14.5 Å². The van der Waals surface area contributed by atoms with E-state index < -0.39 is 0 Å². The van der Waals surface area contributed by atoms with Crippen LogP contribution in [0.15, 0.2) is 77.3 Å². The van der Waals surface area contributed by atoms with Crippen LogP contribution in [0, 0.1) is 0 Å². The molecule has 0 aliphatic carbocycles. The number of halogens is 1. The largest absolute Gasteiger partial charge is 0.493 e. The molecule has 0 saturated carbocycles. The molecule has 0 radical (unpaired) electrons. The first-order valence-electron chi connectivity index (χ1n) is 8.58. The third kappa shape index (κ3) is 3.40. The van der Waals surface area contributed by atoms with Crippen molar-refractivity contribution in [3.63, 3.8) is 0 Å². The summed E-state index contributed by atoms with van der Waals surface area (Å²) in [6.45, 7) is 0. The van der Waals surface area contributed by atoms with Gasteiger partial charge < -0.3 is 9.47 Å². The number of hydrogen-bond acceptors (Lipinski definition) is 3. The van der Waals surface area contributed by atoms with Crippen LogP contribution < -0.4 is 9.47 Å². The SMILES string of the molecule is COc1ccc(-c2cc(-c3ccccc3)c3cc(Br)ccc3n2)cc1OC. The summed E-state index contributed by atoms with van der Waals surface area (Å²) in [6, 6.07) is 24.5. The third-order valence-electron chi connectivity index (χ3n) is 4.53. The average Bonchev–Trinajstić information content (AvgIpc) is 2.73. The molecule has 0 aliphatic rings. The number of methoxy groups -OCH3 is 2. The molecule has 0 spiro atoms. The van der Waals surface area contributed by atoms with Crippen molar-refractivity contribution in [2.45, 2.75) is 0 Å². The van der Waals surface area contributed by atoms with Gasteiger partial charge in [-0.15, -0.1) is 0 Å². The number of rotatable bonds is 4. The van der Waals surface area contributed by atoms with Crippen molar-refractivity contribution in [2.75, 3.05) is 14.2 Å². The molecule has 0 N–H and O–H groups in total. The van der Waals surface area contributed by atoms with E-state index in [2.05, 4.69) is 52.3 Å². The molecule has 4 heteroatoms. The van der Waals surface area contributed by atoms with E-state index >= 15 is 0 Å². The number of benzene rings is 3. The minimum absolute atomic E-state index is 0.689. The molecular weight excluding hydrogens is 402 g/mol. The summed E-state index contributed by atoms with van der Waals surface area (Å²) in [6.07, 6.45) is 0. The van der Waals surface area contributed by atoms with Crippen LogP contribution in [0.5, 0.6) is 11.5 Å². The van der Waals surface area contributed by atoms with E-state index in [1.165, 1.54) is 0 Å². The molecule has 0 bridgehead atoms. The van der Waals surface area contributed by atoms with E-state index in [0.29, 0.717) is 11.5 Å². The van der Waals surface area contributed by atoms with Crippen LogP contribution in [0.1, 0.15) is 0 Å². The van der Waals surface area contributed by atoms with Crippen molar-refractivity contribution in [2.24, 2.45) is 0 Å². The Morgan fingerprint density at radius 1 is 0.741 bits per heavy atom. The summed E-state index contributed by atoms with van der Waals surface area (Å²) in [5.74, 6) is 1.39. The fourth-order valence-corrected chi connectivity index (χ4v) is 3.56. The first kappa shape index (κ1) is 17.6. The molecule has 3 nitrogen and oxygen atoms in total. The van der Waals surface area contributed by atoms with Gasteiger partial charge in [-0.25, -0.2) is 4.98 Å². The van der Waals surface area contributed by atoms with Crippen molar-refractivity contribution in [3.05, 3.63) is 77.3 Å². The minimum Gasteiger partial charge on any atom is -0.493 e. The predicted octanol–water partition coefficient (Wildman–Crippen LogP) is 6.35. The normalized spacial score (nSPS) is 10.8. The van der Waals surface area contributed by atoms with Gasteiger partial charge in [-0.05, 0) is 53.6 Å². The Hall–Kier alpha value is -2.85. The molecule has 0 saturated heterocycles. The minimum atomic E-state index is 0.689. The van der Waals surface area contributed by atoms with Gasteiger partial charge in [-0.1, -0.05) is 46.3 Å².